The largest absolute Gasteiger partial charge is 0.493 e. The van der Waals surface area contributed by atoms with Crippen LogP contribution in [0.1, 0.15) is 24.0 Å². The quantitative estimate of drug-likeness (QED) is 0.387. The van der Waals surface area contributed by atoms with Crippen molar-refractivity contribution < 1.29 is 18.4 Å². The maximum Gasteiger partial charge on any atom is 0.233 e. The van der Waals surface area contributed by atoms with Crippen molar-refractivity contribution in [3.05, 3.63) is 102 Å². The summed E-state index contributed by atoms with van der Waals surface area (Å²) < 4.78 is 20.0. The Morgan fingerprint density at radius 1 is 1.03 bits per heavy atom. The first-order valence-electron chi connectivity index (χ1n) is 11.6. The molecule has 0 spiro atoms. The first-order valence-corrected chi connectivity index (χ1v) is 11.6. The van der Waals surface area contributed by atoms with E-state index in [-0.39, 0.29) is 17.6 Å². The minimum Gasteiger partial charge on any atom is -0.493 e. The minimum absolute atomic E-state index is 0.0916. The molecular weight excluding hydrogens is 415 g/mol. The second-order valence-electron chi connectivity index (χ2n) is 9.30. The van der Waals surface area contributed by atoms with Crippen LogP contribution < -0.4 is 10.5 Å². The molecule has 1 amide bonds. The number of likely N-dealkylation sites (tertiary alicyclic amines) is 1. The highest BCUT2D eigenvalue weighted by Gasteiger charge is 2.53. The fourth-order valence-corrected chi connectivity index (χ4v) is 5.46. The molecule has 1 aliphatic rings. The molecule has 0 bridgehead atoms. The third-order valence-corrected chi connectivity index (χ3v) is 7.04. The highest BCUT2D eigenvalue weighted by Crippen LogP contribution is 2.45. The fourth-order valence-electron chi connectivity index (χ4n) is 5.46. The van der Waals surface area contributed by atoms with Gasteiger partial charge in [0.2, 0.25) is 5.91 Å². The molecule has 0 aromatic heterocycles. The second kappa shape index (κ2) is 9.75. The lowest BCUT2D eigenvalue weighted by atomic mass is 9.64. The van der Waals surface area contributed by atoms with Crippen LogP contribution in [0.15, 0.2) is 84.9 Å². The van der Waals surface area contributed by atoms with E-state index in [0.29, 0.717) is 12.4 Å². The fraction of sp³-hybridized carbons (Fsp3) is 0.321. The van der Waals surface area contributed by atoms with E-state index < -0.39 is 5.41 Å². The summed E-state index contributed by atoms with van der Waals surface area (Å²) in [4.78, 5) is 13.2. The van der Waals surface area contributed by atoms with E-state index in [4.69, 9.17) is 10.5 Å². The van der Waals surface area contributed by atoms with Crippen molar-refractivity contribution in [3.63, 3.8) is 0 Å². The normalized spacial score (nSPS) is 20.5. The zero-order valence-electron chi connectivity index (χ0n) is 19.1. The van der Waals surface area contributed by atoms with Crippen LogP contribution >= 0.6 is 0 Å². The van der Waals surface area contributed by atoms with Gasteiger partial charge in [-0.05, 0) is 23.3 Å². The Morgan fingerprint density at radius 3 is 2.24 bits per heavy atom. The molecule has 172 valence electrons. The van der Waals surface area contributed by atoms with E-state index in [0.717, 1.165) is 48.1 Å². The molecule has 2 atom stereocenters. The van der Waals surface area contributed by atoms with Crippen LogP contribution in [-0.4, -0.2) is 43.7 Å². The Hall–Kier alpha value is -3.18. The van der Waals surface area contributed by atoms with Gasteiger partial charge in [0, 0.05) is 24.8 Å². The van der Waals surface area contributed by atoms with E-state index in [1.165, 1.54) is 12.1 Å². The van der Waals surface area contributed by atoms with Gasteiger partial charge >= 0.3 is 0 Å². The van der Waals surface area contributed by atoms with Gasteiger partial charge in [-0.15, -0.1) is 0 Å². The predicted octanol–water partition coefficient (Wildman–Crippen LogP) is 4.53. The molecule has 1 heterocycles. The van der Waals surface area contributed by atoms with Crippen molar-refractivity contribution in [1.29, 1.82) is 0 Å². The van der Waals surface area contributed by atoms with Crippen molar-refractivity contribution in [3.8, 4) is 5.75 Å². The lowest BCUT2D eigenvalue weighted by molar-refractivity contribution is -0.899. The third kappa shape index (κ3) is 4.79. The summed E-state index contributed by atoms with van der Waals surface area (Å²) in [6.07, 6.45) is 1.76. The highest BCUT2D eigenvalue weighted by atomic mass is 19.1. The van der Waals surface area contributed by atoms with Gasteiger partial charge in [0.1, 0.15) is 17.0 Å². The number of rotatable bonds is 9. The number of nitrogens with two attached hydrogens (primary N) is 1. The van der Waals surface area contributed by atoms with Crippen molar-refractivity contribution in [1.82, 2.24) is 0 Å². The first kappa shape index (κ1) is 23.0. The van der Waals surface area contributed by atoms with Crippen LogP contribution in [0.2, 0.25) is 0 Å². The molecule has 33 heavy (non-hydrogen) atoms. The third-order valence-electron chi connectivity index (χ3n) is 7.04. The number of amides is 1. The maximum absolute atomic E-state index is 13.4. The Bertz CT molecular complexity index is 1030. The molecule has 4 nitrogen and oxygen atoms in total. The summed E-state index contributed by atoms with van der Waals surface area (Å²) in [7, 11) is 2.24. The number of quaternary nitrogens is 1. The van der Waals surface area contributed by atoms with E-state index in [1.54, 1.807) is 12.1 Å². The van der Waals surface area contributed by atoms with Gasteiger partial charge in [-0.2, -0.15) is 0 Å². The van der Waals surface area contributed by atoms with Crippen LogP contribution in [0.4, 0.5) is 4.39 Å². The zero-order chi connectivity index (χ0) is 23.3. The predicted molar refractivity (Wildman–Crippen MR) is 128 cm³/mol. The van der Waals surface area contributed by atoms with E-state index >= 15 is 0 Å². The van der Waals surface area contributed by atoms with Crippen LogP contribution in [0.3, 0.4) is 0 Å². The van der Waals surface area contributed by atoms with Gasteiger partial charge in [0.25, 0.3) is 0 Å². The highest BCUT2D eigenvalue weighted by molar-refractivity contribution is 5.91. The van der Waals surface area contributed by atoms with E-state index in [2.05, 4.69) is 7.05 Å². The molecule has 2 unspecified atom stereocenters. The molecule has 3 aromatic carbocycles. The zero-order valence-corrected chi connectivity index (χ0v) is 19.1. The average molecular weight is 448 g/mol. The molecular formula is C28H32FN2O2+. The van der Waals surface area contributed by atoms with Crippen LogP contribution in [-0.2, 0) is 10.2 Å². The second-order valence-corrected chi connectivity index (χ2v) is 9.30. The smallest absolute Gasteiger partial charge is 0.233 e. The van der Waals surface area contributed by atoms with Crippen LogP contribution in [0, 0.1) is 11.7 Å². The molecule has 1 saturated heterocycles. The Balaban J connectivity index is 1.52. The standard InChI is InChI=1S/C28H31FN2O2/c1-31(17-9-19-33-26-15-8-14-25(29)20-26)18-16-24(21-31)28(27(30)32,22-10-4-2-5-11-22)23-12-6-3-7-13-23/h2-8,10-15,20,24H,9,16-19,21H2,1H3,(H-,30,32)/p+1. The summed E-state index contributed by atoms with van der Waals surface area (Å²) in [5.41, 5.74) is 7.25. The number of ether oxygens (including phenoxy) is 1. The molecule has 5 heteroatoms. The number of primary amides is 1. The van der Waals surface area contributed by atoms with Crippen molar-refractivity contribution in [2.75, 3.05) is 33.3 Å². The average Bonchev–Trinajstić information content (AvgIpc) is 3.21. The number of hydrogen-bond donors (Lipinski definition) is 1. The molecule has 3 aromatic rings. The summed E-state index contributed by atoms with van der Waals surface area (Å²) in [5, 5.41) is 0. The number of hydrogen-bond acceptors (Lipinski definition) is 2. The molecule has 4 rings (SSSR count). The minimum atomic E-state index is -0.864. The van der Waals surface area contributed by atoms with Crippen molar-refractivity contribution in [2.45, 2.75) is 18.3 Å². The monoisotopic (exact) mass is 447 g/mol. The van der Waals surface area contributed by atoms with Crippen LogP contribution in [0.25, 0.3) is 0 Å². The molecule has 1 fully saturated rings. The Kier molecular flexibility index (Phi) is 6.80. The van der Waals surface area contributed by atoms with Gasteiger partial charge < -0.3 is 15.0 Å². The maximum atomic E-state index is 13.4. The summed E-state index contributed by atoms with van der Waals surface area (Å²) in [5.74, 6) is 0.0538. The van der Waals surface area contributed by atoms with Gasteiger partial charge in [-0.25, -0.2) is 4.39 Å². The number of halogens is 1. The van der Waals surface area contributed by atoms with E-state index in [9.17, 15) is 9.18 Å². The number of nitrogens with zero attached hydrogens (tertiary/aromatic N) is 1. The lowest BCUT2D eigenvalue weighted by Gasteiger charge is -2.38. The SMILES string of the molecule is C[N+]1(CCCOc2cccc(F)c2)CCC(C(C(N)=O)(c2ccccc2)c2ccccc2)C1. The molecule has 0 aliphatic carbocycles. The van der Waals surface area contributed by atoms with Crippen molar-refractivity contribution in [2.24, 2.45) is 11.7 Å². The Labute approximate surface area is 195 Å². The number of benzene rings is 3. The topological polar surface area (TPSA) is 52.3 Å². The van der Waals surface area contributed by atoms with Crippen molar-refractivity contribution >= 4 is 5.91 Å². The molecule has 0 saturated carbocycles. The van der Waals surface area contributed by atoms with Gasteiger partial charge in [0.05, 0.1) is 33.3 Å². The van der Waals surface area contributed by atoms with Gasteiger partial charge in [-0.1, -0.05) is 66.7 Å². The van der Waals surface area contributed by atoms with Gasteiger partial charge in [0.15, 0.2) is 0 Å². The summed E-state index contributed by atoms with van der Waals surface area (Å²) in [6, 6.07) is 26.2. The first-order chi connectivity index (χ1) is 15.9. The lowest BCUT2D eigenvalue weighted by Crippen LogP contribution is -2.51. The molecule has 1 aliphatic heterocycles. The van der Waals surface area contributed by atoms with E-state index in [1.807, 2.05) is 60.7 Å². The number of carbonyl (C=O) groups excluding carboxylic acids is 1. The summed E-state index contributed by atoms with van der Waals surface area (Å²) >= 11 is 0. The summed E-state index contributed by atoms with van der Waals surface area (Å²) in [6.45, 7) is 3.27. The number of carbonyl (C=O) groups is 1. The molecule has 2 N–H and O–H groups in total. The van der Waals surface area contributed by atoms with Crippen LogP contribution in [0.5, 0.6) is 5.75 Å². The van der Waals surface area contributed by atoms with Gasteiger partial charge in [-0.3, -0.25) is 4.79 Å². The Morgan fingerprint density at radius 2 is 1.67 bits per heavy atom. The molecule has 0 radical (unpaired) electrons.